The van der Waals surface area contributed by atoms with E-state index in [0.717, 1.165) is 55.8 Å². The van der Waals surface area contributed by atoms with Crippen LogP contribution in [0.3, 0.4) is 0 Å². The molecule has 230 valence electrons. The molecule has 10 rings (SSSR count). The summed E-state index contributed by atoms with van der Waals surface area (Å²) >= 11 is 0. The molecule has 0 aliphatic rings. The number of hydrogen-bond acceptors (Lipinski definition) is 2. The number of hydrogen-bond donors (Lipinski definition) is 0. The fraction of sp³-hybridized carbons (Fsp3) is 0. The third-order valence-corrected chi connectivity index (χ3v) is 9.76. The molecule has 8 aromatic carbocycles. The van der Waals surface area contributed by atoms with Crippen LogP contribution in [-0.4, -0.2) is 4.57 Å². The standard InChI is InChI=1S/C46H30N2O/c1-4-15-33(16-5-1)47(34-17-6-2-7-18-34)42-28-26-37(46-45(42)44-36-21-11-10-14-31(36)25-29-43(44)49-46)32-24-27-41-39(30-32)38-22-12-13-23-40(38)48(41)35-19-8-3-9-20-35/h1-30H. The van der Waals surface area contributed by atoms with Gasteiger partial charge in [-0.05, 0) is 89.1 Å². The molecule has 0 unspecified atom stereocenters. The highest BCUT2D eigenvalue weighted by molar-refractivity contribution is 6.25. The Morgan fingerprint density at radius 1 is 0.449 bits per heavy atom. The molecule has 0 aliphatic carbocycles. The zero-order valence-electron chi connectivity index (χ0n) is 26.6. The molecule has 0 radical (unpaired) electrons. The van der Waals surface area contributed by atoms with Crippen molar-refractivity contribution in [3.8, 4) is 16.8 Å². The number of nitrogens with zero attached hydrogens (tertiary/aromatic N) is 2. The number of anilines is 3. The Bertz CT molecular complexity index is 2770. The van der Waals surface area contributed by atoms with Crippen molar-refractivity contribution in [2.75, 3.05) is 4.90 Å². The van der Waals surface area contributed by atoms with Crippen LogP contribution in [0.25, 0.3) is 71.3 Å². The van der Waals surface area contributed by atoms with E-state index in [1.807, 2.05) is 0 Å². The highest BCUT2D eigenvalue weighted by Crippen LogP contribution is 2.48. The van der Waals surface area contributed by atoms with Crippen LogP contribution in [0.2, 0.25) is 0 Å². The average Bonchev–Trinajstić information content (AvgIpc) is 3.73. The first-order chi connectivity index (χ1) is 24.3. The Balaban J connectivity index is 1.29. The van der Waals surface area contributed by atoms with E-state index in [1.54, 1.807) is 0 Å². The minimum Gasteiger partial charge on any atom is -0.455 e. The van der Waals surface area contributed by atoms with Crippen molar-refractivity contribution < 1.29 is 4.42 Å². The molecule has 2 heterocycles. The molecule has 0 amide bonds. The minimum atomic E-state index is 0.880. The second-order valence-corrected chi connectivity index (χ2v) is 12.5. The second kappa shape index (κ2) is 11.0. The van der Waals surface area contributed by atoms with Gasteiger partial charge in [-0.1, -0.05) is 109 Å². The van der Waals surface area contributed by atoms with E-state index in [1.165, 1.54) is 32.6 Å². The lowest BCUT2D eigenvalue weighted by atomic mass is 9.96. The predicted molar refractivity (Wildman–Crippen MR) is 206 cm³/mol. The maximum absolute atomic E-state index is 6.95. The third kappa shape index (κ3) is 4.29. The number of para-hydroxylation sites is 4. The van der Waals surface area contributed by atoms with Gasteiger partial charge in [0, 0.05) is 38.8 Å². The van der Waals surface area contributed by atoms with E-state index in [9.17, 15) is 0 Å². The van der Waals surface area contributed by atoms with Crippen molar-refractivity contribution in [2.45, 2.75) is 0 Å². The van der Waals surface area contributed by atoms with Gasteiger partial charge in [-0.25, -0.2) is 0 Å². The summed E-state index contributed by atoms with van der Waals surface area (Å²) < 4.78 is 9.31. The molecule has 0 N–H and O–H groups in total. The molecular formula is C46H30N2O. The summed E-state index contributed by atoms with van der Waals surface area (Å²) in [6.45, 7) is 0. The van der Waals surface area contributed by atoms with E-state index < -0.39 is 0 Å². The van der Waals surface area contributed by atoms with Gasteiger partial charge >= 0.3 is 0 Å². The maximum Gasteiger partial charge on any atom is 0.145 e. The smallest absolute Gasteiger partial charge is 0.145 e. The number of rotatable bonds is 5. The summed E-state index contributed by atoms with van der Waals surface area (Å²) in [6.07, 6.45) is 0. The van der Waals surface area contributed by atoms with E-state index >= 15 is 0 Å². The van der Waals surface area contributed by atoms with Gasteiger partial charge in [-0.2, -0.15) is 0 Å². The summed E-state index contributed by atoms with van der Waals surface area (Å²) in [5, 5.41) is 7.04. The van der Waals surface area contributed by atoms with E-state index in [4.69, 9.17) is 4.42 Å². The zero-order chi connectivity index (χ0) is 32.3. The number of aromatic nitrogens is 1. The summed E-state index contributed by atoms with van der Waals surface area (Å²) in [7, 11) is 0. The van der Waals surface area contributed by atoms with Crippen molar-refractivity contribution in [3.63, 3.8) is 0 Å². The molecule has 0 spiro atoms. The summed E-state index contributed by atoms with van der Waals surface area (Å²) in [6, 6.07) is 64.7. The highest BCUT2D eigenvalue weighted by atomic mass is 16.3. The summed E-state index contributed by atoms with van der Waals surface area (Å²) in [4.78, 5) is 2.35. The molecule has 0 atom stereocenters. The first-order valence-electron chi connectivity index (χ1n) is 16.7. The van der Waals surface area contributed by atoms with Crippen molar-refractivity contribution >= 4 is 71.6 Å². The van der Waals surface area contributed by atoms with Crippen LogP contribution in [0.15, 0.2) is 186 Å². The first kappa shape index (κ1) is 27.5. The number of furan rings is 1. The maximum atomic E-state index is 6.95. The van der Waals surface area contributed by atoms with Crippen LogP contribution < -0.4 is 4.90 Å². The second-order valence-electron chi connectivity index (χ2n) is 12.5. The molecule has 2 aromatic heterocycles. The van der Waals surface area contributed by atoms with Gasteiger partial charge in [0.2, 0.25) is 0 Å². The van der Waals surface area contributed by atoms with Crippen LogP contribution in [0, 0.1) is 0 Å². The van der Waals surface area contributed by atoms with Crippen LogP contribution in [-0.2, 0) is 0 Å². The molecular weight excluding hydrogens is 597 g/mol. The van der Waals surface area contributed by atoms with Crippen LogP contribution in [0.5, 0.6) is 0 Å². The third-order valence-electron chi connectivity index (χ3n) is 9.76. The fourth-order valence-electron chi connectivity index (χ4n) is 7.62. The predicted octanol–water partition coefficient (Wildman–Crippen LogP) is 13.0. The normalized spacial score (nSPS) is 11.7. The SMILES string of the molecule is c1ccc(N(c2ccccc2)c2ccc(-c3ccc4c(c3)c3ccccc3n4-c3ccccc3)c3oc4ccc5ccccc5c4c23)cc1. The Hall–Kier alpha value is -6.58. The quantitative estimate of drug-likeness (QED) is 0.190. The van der Waals surface area contributed by atoms with E-state index in [0.29, 0.717) is 0 Å². The van der Waals surface area contributed by atoms with Gasteiger partial charge in [0.05, 0.1) is 22.1 Å². The molecule has 0 saturated carbocycles. The zero-order valence-corrected chi connectivity index (χ0v) is 26.6. The van der Waals surface area contributed by atoms with Gasteiger partial charge in [0.15, 0.2) is 0 Å². The molecule has 0 fully saturated rings. The monoisotopic (exact) mass is 626 g/mol. The number of benzene rings is 8. The Kier molecular flexibility index (Phi) is 6.18. The minimum absolute atomic E-state index is 0.880. The van der Waals surface area contributed by atoms with Gasteiger partial charge in [-0.3, -0.25) is 0 Å². The van der Waals surface area contributed by atoms with Crippen molar-refractivity contribution in [1.29, 1.82) is 0 Å². The van der Waals surface area contributed by atoms with Gasteiger partial charge in [-0.15, -0.1) is 0 Å². The van der Waals surface area contributed by atoms with Gasteiger partial charge in [0.25, 0.3) is 0 Å². The fourth-order valence-corrected chi connectivity index (χ4v) is 7.62. The molecule has 0 saturated heterocycles. The summed E-state index contributed by atoms with van der Waals surface area (Å²) in [5.74, 6) is 0. The van der Waals surface area contributed by atoms with Crippen molar-refractivity contribution in [3.05, 3.63) is 182 Å². The summed E-state index contributed by atoms with van der Waals surface area (Å²) in [5.41, 5.74) is 10.7. The van der Waals surface area contributed by atoms with Gasteiger partial charge in [0.1, 0.15) is 11.2 Å². The molecule has 3 heteroatoms. The Morgan fingerprint density at radius 3 is 1.84 bits per heavy atom. The van der Waals surface area contributed by atoms with Crippen LogP contribution >= 0.6 is 0 Å². The molecule has 49 heavy (non-hydrogen) atoms. The largest absolute Gasteiger partial charge is 0.455 e. The Labute approximate surface area is 283 Å². The topological polar surface area (TPSA) is 21.3 Å². The average molecular weight is 627 g/mol. The Morgan fingerprint density at radius 2 is 1.08 bits per heavy atom. The highest BCUT2D eigenvalue weighted by Gasteiger charge is 2.24. The molecule has 0 aliphatic heterocycles. The van der Waals surface area contributed by atoms with Crippen molar-refractivity contribution in [1.82, 2.24) is 4.57 Å². The number of fused-ring (bicyclic) bond motifs is 8. The van der Waals surface area contributed by atoms with Crippen LogP contribution in [0.4, 0.5) is 17.1 Å². The lowest BCUT2D eigenvalue weighted by molar-refractivity contribution is 0.670. The van der Waals surface area contributed by atoms with E-state index in [-0.39, 0.29) is 0 Å². The first-order valence-corrected chi connectivity index (χ1v) is 16.7. The molecule has 3 nitrogen and oxygen atoms in total. The van der Waals surface area contributed by atoms with Crippen LogP contribution in [0.1, 0.15) is 0 Å². The lowest BCUT2D eigenvalue weighted by Gasteiger charge is -2.26. The molecule has 0 bridgehead atoms. The van der Waals surface area contributed by atoms with Crippen molar-refractivity contribution in [2.24, 2.45) is 0 Å². The van der Waals surface area contributed by atoms with E-state index in [2.05, 4.69) is 191 Å². The molecule has 10 aromatic rings. The lowest BCUT2D eigenvalue weighted by Crippen LogP contribution is -2.10. The van der Waals surface area contributed by atoms with Gasteiger partial charge < -0.3 is 13.9 Å².